The van der Waals surface area contributed by atoms with E-state index in [0.717, 1.165) is 12.8 Å². The third-order valence-corrected chi connectivity index (χ3v) is 5.41. The zero-order chi connectivity index (χ0) is 19.0. The monoisotopic (exact) mass is 362 g/mol. The molecule has 0 aliphatic rings. The van der Waals surface area contributed by atoms with Gasteiger partial charge in [-0.05, 0) is 25.7 Å². The number of allylic oxidation sites excluding steroid dienone is 2. The Hall–Kier alpha value is -0.260. The number of hydrogen-bond acceptors (Lipinski definition) is 0. The lowest BCUT2D eigenvalue weighted by atomic mass is 10.0. The van der Waals surface area contributed by atoms with Crippen LogP contribution >= 0.6 is 0 Å². The number of unbranched alkanes of at least 4 members (excludes halogenated alkanes) is 20. The van der Waals surface area contributed by atoms with Crippen LogP contribution in [0.3, 0.4) is 0 Å². The van der Waals surface area contributed by atoms with Gasteiger partial charge in [-0.2, -0.15) is 0 Å². The smallest absolute Gasteiger partial charge is 0.0351 e. The van der Waals surface area contributed by atoms with E-state index in [0.29, 0.717) is 0 Å². The third kappa shape index (κ3) is 23.7. The predicted octanol–water partition coefficient (Wildman–Crippen LogP) is 9.79. The molecule has 0 amide bonds. The summed E-state index contributed by atoms with van der Waals surface area (Å²) in [6.07, 6.45) is 35.2. The molecule has 2 radical (unpaired) electrons. The van der Waals surface area contributed by atoms with Gasteiger partial charge in [-0.1, -0.05) is 142 Å². The molecule has 26 heavy (non-hydrogen) atoms. The Morgan fingerprint density at radius 3 is 0.885 bits per heavy atom. The largest absolute Gasteiger partial charge is 0.0885 e. The highest BCUT2D eigenvalue weighted by atomic mass is 14.0. The fourth-order valence-electron chi connectivity index (χ4n) is 3.59. The van der Waals surface area contributed by atoms with Crippen LogP contribution in [0, 0.1) is 13.8 Å². The second kappa shape index (κ2) is 24.7. The zero-order valence-electron chi connectivity index (χ0n) is 18.1. The second-order valence-electron chi connectivity index (χ2n) is 8.12. The van der Waals surface area contributed by atoms with Crippen LogP contribution in [0.4, 0.5) is 0 Å². The van der Waals surface area contributed by atoms with Crippen molar-refractivity contribution < 1.29 is 0 Å². The molecule has 0 aromatic carbocycles. The van der Waals surface area contributed by atoms with Gasteiger partial charge in [0.2, 0.25) is 0 Å². The minimum Gasteiger partial charge on any atom is -0.0885 e. The molecule has 0 heteroatoms. The van der Waals surface area contributed by atoms with Gasteiger partial charge in [-0.15, -0.1) is 0 Å². The van der Waals surface area contributed by atoms with Gasteiger partial charge in [0.25, 0.3) is 0 Å². The van der Waals surface area contributed by atoms with Gasteiger partial charge in [-0.25, -0.2) is 0 Å². The van der Waals surface area contributed by atoms with Crippen molar-refractivity contribution in [2.45, 2.75) is 141 Å². The van der Waals surface area contributed by atoms with Gasteiger partial charge in [0.15, 0.2) is 0 Å². The van der Waals surface area contributed by atoms with Crippen LogP contribution in [0.2, 0.25) is 0 Å². The average Bonchev–Trinajstić information content (AvgIpc) is 2.66. The molecule has 0 spiro atoms. The topological polar surface area (TPSA) is 0 Å². The van der Waals surface area contributed by atoms with E-state index in [1.165, 1.54) is 128 Å². The first-order valence-electron chi connectivity index (χ1n) is 12.1. The third-order valence-electron chi connectivity index (χ3n) is 5.41. The minimum atomic E-state index is 1.09. The fourth-order valence-corrected chi connectivity index (χ4v) is 3.59. The summed E-state index contributed by atoms with van der Waals surface area (Å²) in [5.74, 6) is 0. The molecule has 0 aliphatic carbocycles. The number of rotatable bonds is 22. The Bertz CT molecular complexity index is 253. The van der Waals surface area contributed by atoms with Crippen molar-refractivity contribution in [3.8, 4) is 0 Å². The summed E-state index contributed by atoms with van der Waals surface area (Å²) in [5.41, 5.74) is 0. The van der Waals surface area contributed by atoms with Gasteiger partial charge in [0.1, 0.15) is 0 Å². The molecular formula is C26H50. The van der Waals surface area contributed by atoms with Gasteiger partial charge >= 0.3 is 0 Å². The average molecular weight is 363 g/mol. The molecule has 0 aromatic heterocycles. The first-order valence-corrected chi connectivity index (χ1v) is 12.1. The molecular weight excluding hydrogens is 312 g/mol. The van der Waals surface area contributed by atoms with Crippen LogP contribution in [0.5, 0.6) is 0 Å². The van der Waals surface area contributed by atoms with Crippen LogP contribution in [-0.2, 0) is 0 Å². The van der Waals surface area contributed by atoms with Crippen LogP contribution < -0.4 is 0 Å². The van der Waals surface area contributed by atoms with E-state index in [1.54, 1.807) is 0 Å². The first-order chi connectivity index (χ1) is 12.9. The Labute approximate surface area is 167 Å². The Morgan fingerprint density at radius 2 is 0.538 bits per heavy atom. The van der Waals surface area contributed by atoms with E-state index in [2.05, 4.69) is 26.0 Å². The van der Waals surface area contributed by atoms with Crippen LogP contribution in [-0.4, -0.2) is 0 Å². The molecule has 0 aromatic rings. The van der Waals surface area contributed by atoms with E-state index >= 15 is 0 Å². The summed E-state index contributed by atoms with van der Waals surface area (Å²) in [7, 11) is 0. The maximum atomic E-state index is 3.91. The van der Waals surface area contributed by atoms with Crippen LogP contribution in [0.25, 0.3) is 0 Å². The van der Waals surface area contributed by atoms with Crippen molar-refractivity contribution in [2.24, 2.45) is 0 Å². The zero-order valence-corrected chi connectivity index (χ0v) is 18.1. The lowest BCUT2D eigenvalue weighted by molar-refractivity contribution is 0.528. The van der Waals surface area contributed by atoms with Crippen molar-refractivity contribution in [1.29, 1.82) is 0 Å². The molecule has 0 aliphatic heterocycles. The lowest BCUT2D eigenvalue weighted by Gasteiger charge is -2.03. The van der Waals surface area contributed by atoms with Crippen molar-refractivity contribution >= 4 is 0 Å². The fraction of sp³-hybridized carbons (Fsp3) is 0.846. The normalized spacial score (nSPS) is 11.6. The number of hydrogen-bond donors (Lipinski definition) is 0. The summed E-state index contributed by atoms with van der Waals surface area (Å²) in [6.45, 7) is 7.79. The van der Waals surface area contributed by atoms with Crippen molar-refractivity contribution in [2.75, 3.05) is 0 Å². The van der Waals surface area contributed by atoms with Gasteiger partial charge in [-0.3, -0.25) is 0 Å². The Balaban J connectivity index is 3.01. The minimum absolute atomic E-state index is 1.09. The highest BCUT2D eigenvalue weighted by Crippen LogP contribution is 2.14. The standard InChI is InChI=1S/C26H50/c1-3-5-7-9-11-13-15-17-19-21-23-25-26-24-22-20-18-16-14-12-10-8-6-4-2/h11,13H,1-10,12,14-26H2/b13-11+. The van der Waals surface area contributed by atoms with Crippen molar-refractivity contribution in [3.63, 3.8) is 0 Å². The molecule has 0 atom stereocenters. The summed E-state index contributed by atoms with van der Waals surface area (Å²) in [6, 6.07) is 0. The predicted molar refractivity (Wildman–Crippen MR) is 121 cm³/mol. The molecule has 0 rings (SSSR count). The summed E-state index contributed by atoms with van der Waals surface area (Å²) < 4.78 is 0. The van der Waals surface area contributed by atoms with Crippen molar-refractivity contribution in [3.05, 3.63) is 26.0 Å². The second-order valence-corrected chi connectivity index (χ2v) is 8.12. The SMILES string of the molecule is [CH2]CCCC/C=C/CCCCCCCCCCCCCCCCCC[CH2]. The van der Waals surface area contributed by atoms with E-state index < -0.39 is 0 Å². The summed E-state index contributed by atoms with van der Waals surface area (Å²) in [5, 5.41) is 0. The molecule has 0 fully saturated rings. The quantitative estimate of drug-likeness (QED) is 0.133. The summed E-state index contributed by atoms with van der Waals surface area (Å²) in [4.78, 5) is 0. The maximum absolute atomic E-state index is 3.91. The molecule has 154 valence electrons. The van der Waals surface area contributed by atoms with Gasteiger partial charge < -0.3 is 0 Å². The maximum Gasteiger partial charge on any atom is -0.0351 e. The molecule has 0 N–H and O–H groups in total. The van der Waals surface area contributed by atoms with E-state index in [4.69, 9.17) is 0 Å². The van der Waals surface area contributed by atoms with Crippen molar-refractivity contribution in [1.82, 2.24) is 0 Å². The highest BCUT2D eigenvalue weighted by molar-refractivity contribution is 4.81. The van der Waals surface area contributed by atoms with Gasteiger partial charge in [0.05, 0.1) is 0 Å². The van der Waals surface area contributed by atoms with E-state index in [1.807, 2.05) is 0 Å². The van der Waals surface area contributed by atoms with E-state index in [9.17, 15) is 0 Å². The molecule has 0 bridgehead atoms. The highest BCUT2D eigenvalue weighted by Gasteiger charge is 1.94. The Morgan fingerprint density at radius 1 is 0.308 bits per heavy atom. The summed E-state index contributed by atoms with van der Waals surface area (Å²) >= 11 is 0. The molecule has 0 nitrogen and oxygen atoms in total. The molecule has 0 heterocycles. The lowest BCUT2D eigenvalue weighted by Crippen LogP contribution is -1.83. The van der Waals surface area contributed by atoms with Crippen LogP contribution in [0.1, 0.15) is 141 Å². The first kappa shape index (κ1) is 25.7. The molecule has 0 unspecified atom stereocenters. The van der Waals surface area contributed by atoms with Crippen LogP contribution in [0.15, 0.2) is 12.2 Å². The Kier molecular flexibility index (Phi) is 24.5. The van der Waals surface area contributed by atoms with Gasteiger partial charge in [0, 0.05) is 0 Å². The molecule has 0 saturated heterocycles. The molecule has 0 saturated carbocycles. The van der Waals surface area contributed by atoms with E-state index in [-0.39, 0.29) is 0 Å².